The summed E-state index contributed by atoms with van der Waals surface area (Å²) in [6.45, 7) is 15.1. The van der Waals surface area contributed by atoms with Gasteiger partial charge in [0.25, 0.3) is 0 Å². The molecule has 0 aromatic carbocycles. The third-order valence-electron chi connectivity index (χ3n) is 3.50. The number of carbonyl (C=O) groups excluding carboxylic acids is 1. The summed E-state index contributed by atoms with van der Waals surface area (Å²) in [7, 11) is 0. The summed E-state index contributed by atoms with van der Waals surface area (Å²) in [5, 5.41) is -0.287. The Bertz CT molecular complexity index is 253. The average Bonchev–Trinajstić information content (AvgIpc) is 2.14. The first-order valence-electron chi connectivity index (χ1n) is 6.38. The summed E-state index contributed by atoms with van der Waals surface area (Å²) < 4.78 is 5.81. The molecule has 0 N–H and O–H groups in total. The molecule has 2 nitrogen and oxygen atoms in total. The fourth-order valence-corrected chi connectivity index (χ4v) is 2.49. The predicted molar refractivity (Wildman–Crippen MR) is 73.3 cm³/mol. The highest BCUT2D eigenvalue weighted by atomic mass is 35.5. The van der Waals surface area contributed by atoms with Gasteiger partial charge in [0.2, 0.25) is 5.24 Å². The molecule has 2 atom stereocenters. The molecule has 0 heterocycles. The Balaban J connectivity index is 5.33. The van der Waals surface area contributed by atoms with Crippen molar-refractivity contribution in [2.75, 3.05) is 6.61 Å². The SMILES string of the molecule is CCOC(C(C(=O)Cl)C(C)(C)CC)C(C)(C)C. The summed E-state index contributed by atoms with van der Waals surface area (Å²) in [6.07, 6.45) is 0.753. The highest BCUT2D eigenvalue weighted by molar-refractivity contribution is 6.64. The Morgan fingerprint density at radius 2 is 1.65 bits per heavy atom. The first-order chi connectivity index (χ1) is 7.57. The number of carbonyl (C=O) groups is 1. The van der Waals surface area contributed by atoms with Crippen molar-refractivity contribution in [3.63, 3.8) is 0 Å². The zero-order valence-corrected chi connectivity index (χ0v) is 13.0. The van der Waals surface area contributed by atoms with Gasteiger partial charge in [-0.25, -0.2) is 0 Å². The molecule has 0 spiro atoms. The van der Waals surface area contributed by atoms with Gasteiger partial charge in [0.1, 0.15) is 0 Å². The molecule has 0 aromatic rings. The van der Waals surface area contributed by atoms with E-state index in [9.17, 15) is 4.79 Å². The largest absolute Gasteiger partial charge is 0.377 e. The van der Waals surface area contributed by atoms with Gasteiger partial charge in [0, 0.05) is 6.61 Å². The van der Waals surface area contributed by atoms with E-state index in [2.05, 4.69) is 41.5 Å². The van der Waals surface area contributed by atoms with E-state index >= 15 is 0 Å². The van der Waals surface area contributed by atoms with Gasteiger partial charge in [-0.1, -0.05) is 48.0 Å². The summed E-state index contributed by atoms with van der Waals surface area (Å²) >= 11 is 5.82. The van der Waals surface area contributed by atoms with E-state index in [0.717, 1.165) is 6.42 Å². The monoisotopic (exact) mass is 262 g/mol. The molecule has 0 aliphatic carbocycles. The maximum Gasteiger partial charge on any atom is 0.227 e. The zero-order valence-electron chi connectivity index (χ0n) is 12.3. The second-order valence-electron chi connectivity index (χ2n) is 6.37. The normalized spacial score (nSPS) is 16.7. The number of halogens is 1. The van der Waals surface area contributed by atoms with Gasteiger partial charge in [-0.15, -0.1) is 0 Å². The second-order valence-corrected chi connectivity index (χ2v) is 6.74. The molecule has 0 fully saturated rings. The van der Waals surface area contributed by atoms with E-state index in [1.807, 2.05) is 6.92 Å². The summed E-state index contributed by atoms with van der Waals surface area (Å²) in [5.74, 6) is -0.269. The molecule has 0 saturated carbocycles. The van der Waals surface area contributed by atoms with Gasteiger partial charge in [-0.3, -0.25) is 4.79 Å². The topological polar surface area (TPSA) is 26.3 Å². The van der Waals surface area contributed by atoms with Crippen LogP contribution < -0.4 is 0 Å². The molecule has 0 amide bonds. The van der Waals surface area contributed by atoms with Crippen LogP contribution in [0.15, 0.2) is 0 Å². The third-order valence-corrected chi connectivity index (χ3v) is 3.74. The van der Waals surface area contributed by atoms with E-state index in [-0.39, 0.29) is 28.1 Å². The molecular weight excluding hydrogens is 236 g/mol. The number of rotatable bonds is 6. The fourth-order valence-electron chi connectivity index (χ4n) is 2.08. The van der Waals surface area contributed by atoms with Gasteiger partial charge < -0.3 is 4.74 Å². The maximum atomic E-state index is 11.8. The van der Waals surface area contributed by atoms with Crippen molar-refractivity contribution in [1.29, 1.82) is 0 Å². The van der Waals surface area contributed by atoms with Crippen molar-refractivity contribution in [1.82, 2.24) is 0 Å². The highest BCUT2D eigenvalue weighted by Gasteiger charge is 2.44. The van der Waals surface area contributed by atoms with Crippen molar-refractivity contribution in [2.24, 2.45) is 16.7 Å². The third kappa shape index (κ3) is 4.59. The van der Waals surface area contributed by atoms with E-state index in [1.54, 1.807) is 0 Å². The Kier molecular flexibility index (Phi) is 6.16. The standard InChI is InChI=1S/C14H27ClO2/c1-8-14(6,7)10(12(15)16)11(17-9-2)13(3,4)5/h10-11H,8-9H2,1-7H3. The first kappa shape index (κ1) is 16.9. The van der Waals surface area contributed by atoms with Crippen LogP contribution in [-0.4, -0.2) is 18.0 Å². The molecule has 0 bridgehead atoms. The van der Waals surface area contributed by atoms with Gasteiger partial charge in [0.05, 0.1) is 12.0 Å². The Hall–Kier alpha value is -0.0800. The molecular formula is C14H27ClO2. The lowest BCUT2D eigenvalue weighted by Crippen LogP contribution is -2.46. The van der Waals surface area contributed by atoms with Gasteiger partial charge in [-0.05, 0) is 29.4 Å². The number of ether oxygens (including phenoxy) is 1. The van der Waals surface area contributed by atoms with Crippen LogP contribution in [0.4, 0.5) is 0 Å². The molecule has 0 radical (unpaired) electrons. The van der Waals surface area contributed by atoms with E-state index in [1.165, 1.54) is 0 Å². The minimum atomic E-state index is -0.287. The molecule has 0 aromatic heterocycles. The number of hydrogen-bond donors (Lipinski definition) is 0. The Labute approximate surface area is 111 Å². The molecule has 0 rings (SSSR count). The fraction of sp³-hybridized carbons (Fsp3) is 0.929. The van der Waals surface area contributed by atoms with Crippen LogP contribution in [0.25, 0.3) is 0 Å². The molecule has 2 unspecified atom stereocenters. The van der Waals surface area contributed by atoms with Crippen LogP contribution in [0.5, 0.6) is 0 Å². The average molecular weight is 263 g/mol. The van der Waals surface area contributed by atoms with Crippen LogP contribution in [0, 0.1) is 16.7 Å². The Morgan fingerprint density at radius 3 is 1.88 bits per heavy atom. The second kappa shape index (κ2) is 6.19. The van der Waals surface area contributed by atoms with Crippen molar-refractivity contribution < 1.29 is 9.53 Å². The van der Waals surface area contributed by atoms with Crippen molar-refractivity contribution in [2.45, 2.75) is 61.0 Å². The van der Waals surface area contributed by atoms with Crippen LogP contribution in [0.2, 0.25) is 0 Å². The maximum absolute atomic E-state index is 11.8. The predicted octanol–water partition coefficient (Wildman–Crippen LogP) is 4.26. The molecule has 0 saturated heterocycles. The van der Waals surface area contributed by atoms with Crippen LogP contribution in [0.3, 0.4) is 0 Å². The highest BCUT2D eigenvalue weighted by Crippen LogP contribution is 2.41. The lowest BCUT2D eigenvalue weighted by Gasteiger charge is -2.42. The lowest BCUT2D eigenvalue weighted by molar-refractivity contribution is -0.134. The zero-order chi connectivity index (χ0) is 13.9. The quantitative estimate of drug-likeness (QED) is 0.669. The summed E-state index contributed by atoms with van der Waals surface area (Å²) in [5.41, 5.74) is -0.246. The van der Waals surface area contributed by atoms with Crippen molar-refractivity contribution in [3.8, 4) is 0 Å². The summed E-state index contributed by atoms with van der Waals surface area (Å²) in [4.78, 5) is 11.8. The van der Waals surface area contributed by atoms with Crippen LogP contribution in [-0.2, 0) is 9.53 Å². The first-order valence-corrected chi connectivity index (χ1v) is 6.76. The van der Waals surface area contributed by atoms with Gasteiger partial charge >= 0.3 is 0 Å². The van der Waals surface area contributed by atoms with Crippen molar-refractivity contribution >= 4 is 16.8 Å². The van der Waals surface area contributed by atoms with Gasteiger partial charge in [0.15, 0.2) is 0 Å². The Morgan fingerprint density at radius 1 is 1.18 bits per heavy atom. The molecule has 102 valence electrons. The van der Waals surface area contributed by atoms with E-state index < -0.39 is 0 Å². The molecule has 3 heteroatoms. The molecule has 0 aliphatic heterocycles. The summed E-state index contributed by atoms with van der Waals surface area (Å²) in [6, 6.07) is 0. The minimum Gasteiger partial charge on any atom is -0.377 e. The van der Waals surface area contributed by atoms with E-state index in [4.69, 9.17) is 16.3 Å². The van der Waals surface area contributed by atoms with E-state index in [0.29, 0.717) is 6.61 Å². The minimum absolute atomic E-state index is 0.0995. The van der Waals surface area contributed by atoms with Crippen LogP contribution in [0.1, 0.15) is 54.9 Å². The van der Waals surface area contributed by atoms with Crippen molar-refractivity contribution in [3.05, 3.63) is 0 Å². The molecule has 0 aliphatic rings. The van der Waals surface area contributed by atoms with Crippen LogP contribution >= 0.6 is 11.6 Å². The van der Waals surface area contributed by atoms with Gasteiger partial charge in [-0.2, -0.15) is 0 Å². The molecule has 17 heavy (non-hydrogen) atoms. The smallest absolute Gasteiger partial charge is 0.227 e. The number of hydrogen-bond acceptors (Lipinski definition) is 2. The lowest BCUT2D eigenvalue weighted by atomic mass is 9.68.